The van der Waals surface area contributed by atoms with Gasteiger partial charge in [0.15, 0.2) is 0 Å². The van der Waals surface area contributed by atoms with E-state index in [1.807, 2.05) is 6.07 Å². The molecule has 2 nitrogen and oxygen atoms in total. The van der Waals surface area contributed by atoms with Crippen molar-refractivity contribution in [2.75, 3.05) is 0 Å². The van der Waals surface area contributed by atoms with E-state index in [2.05, 4.69) is 37.7 Å². The van der Waals surface area contributed by atoms with E-state index >= 15 is 0 Å². The molecular formula is C10H16N2S. The minimum atomic E-state index is 0.112. The Morgan fingerprint density at radius 3 is 2.54 bits per heavy atom. The van der Waals surface area contributed by atoms with Crippen LogP contribution in [0.4, 0.5) is 0 Å². The standard InChI is InChI=1S/C10H16N2S/c1-5-8-11-7(10(2,3)4)6-9(13)12-8/h6H,5H2,1-4H3,(H,11,12,13). The molecule has 0 aromatic carbocycles. The highest BCUT2D eigenvalue weighted by molar-refractivity contribution is 7.71. The predicted molar refractivity (Wildman–Crippen MR) is 57.5 cm³/mol. The van der Waals surface area contributed by atoms with Gasteiger partial charge in [-0.25, -0.2) is 4.98 Å². The molecule has 0 spiro atoms. The van der Waals surface area contributed by atoms with Gasteiger partial charge in [-0.15, -0.1) is 0 Å². The van der Waals surface area contributed by atoms with E-state index < -0.39 is 0 Å². The van der Waals surface area contributed by atoms with Crippen molar-refractivity contribution in [2.24, 2.45) is 0 Å². The van der Waals surface area contributed by atoms with Crippen LogP contribution in [0.25, 0.3) is 0 Å². The van der Waals surface area contributed by atoms with Crippen molar-refractivity contribution in [3.8, 4) is 0 Å². The van der Waals surface area contributed by atoms with Crippen molar-refractivity contribution in [1.29, 1.82) is 0 Å². The summed E-state index contributed by atoms with van der Waals surface area (Å²) in [5.41, 5.74) is 1.27. The monoisotopic (exact) mass is 196 g/mol. The van der Waals surface area contributed by atoms with Crippen molar-refractivity contribution in [1.82, 2.24) is 9.97 Å². The maximum absolute atomic E-state index is 5.09. The fourth-order valence-electron chi connectivity index (χ4n) is 1.08. The average molecular weight is 196 g/mol. The molecule has 0 saturated carbocycles. The summed E-state index contributed by atoms with van der Waals surface area (Å²) in [6.07, 6.45) is 0.896. The number of nitrogens with zero attached hydrogens (tertiary/aromatic N) is 1. The van der Waals surface area contributed by atoms with Crippen LogP contribution in [-0.2, 0) is 11.8 Å². The quantitative estimate of drug-likeness (QED) is 0.699. The van der Waals surface area contributed by atoms with Gasteiger partial charge in [-0.2, -0.15) is 0 Å². The maximum atomic E-state index is 5.09. The van der Waals surface area contributed by atoms with Crippen LogP contribution in [0.2, 0.25) is 0 Å². The zero-order valence-corrected chi connectivity index (χ0v) is 9.46. The van der Waals surface area contributed by atoms with Crippen molar-refractivity contribution < 1.29 is 0 Å². The molecule has 0 unspecified atom stereocenters. The Hall–Kier alpha value is -0.700. The largest absolute Gasteiger partial charge is 0.347 e. The molecule has 1 rings (SSSR count). The lowest BCUT2D eigenvalue weighted by Crippen LogP contribution is -2.15. The summed E-state index contributed by atoms with van der Waals surface area (Å²) < 4.78 is 0.681. The fraction of sp³-hybridized carbons (Fsp3) is 0.600. The van der Waals surface area contributed by atoms with Gasteiger partial charge < -0.3 is 4.98 Å². The van der Waals surface area contributed by atoms with E-state index in [0.717, 1.165) is 17.9 Å². The highest BCUT2D eigenvalue weighted by Gasteiger charge is 2.14. The lowest BCUT2D eigenvalue weighted by Gasteiger charge is -2.19. The smallest absolute Gasteiger partial charge is 0.130 e. The summed E-state index contributed by atoms with van der Waals surface area (Å²) in [4.78, 5) is 7.52. The van der Waals surface area contributed by atoms with Crippen LogP contribution in [0.5, 0.6) is 0 Å². The Bertz CT molecular complexity index is 347. The Balaban J connectivity index is 3.24. The molecular weight excluding hydrogens is 180 g/mol. The third-order valence-corrected chi connectivity index (χ3v) is 2.14. The van der Waals surface area contributed by atoms with Gasteiger partial charge in [-0.3, -0.25) is 0 Å². The molecule has 1 N–H and O–H groups in total. The van der Waals surface area contributed by atoms with Gasteiger partial charge in [0.05, 0.1) is 0 Å². The summed E-state index contributed by atoms with van der Waals surface area (Å²) in [5.74, 6) is 0.970. The van der Waals surface area contributed by atoms with E-state index in [4.69, 9.17) is 12.2 Å². The second-order valence-electron chi connectivity index (χ2n) is 4.18. The van der Waals surface area contributed by atoms with Crippen LogP contribution >= 0.6 is 12.2 Å². The summed E-state index contributed by atoms with van der Waals surface area (Å²) in [7, 11) is 0. The van der Waals surface area contributed by atoms with Crippen molar-refractivity contribution in [3.05, 3.63) is 22.2 Å². The number of nitrogens with one attached hydrogen (secondary N) is 1. The minimum Gasteiger partial charge on any atom is -0.347 e. The molecule has 0 aliphatic heterocycles. The molecule has 1 aromatic rings. The van der Waals surface area contributed by atoms with Crippen LogP contribution in [0.1, 0.15) is 39.2 Å². The predicted octanol–water partition coefficient (Wildman–Crippen LogP) is 3.00. The molecule has 0 aliphatic rings. The summed E-state index contributed by atoms with van der Waals surface area (Å²) >= 11 is 5.09. The molecule has 1 heterocycles. The summed E-state index contributed by atoms with van der Waals surface area (Å²) in [5, 5.41) is 0. The Labute approximate surface area is 84.4 Å². The van der Waals surface area contributed by atoms with E-state index in [1.54, 1.807) is 0 Å². The van der Waals surface area contributed by atoms with Gasteiger partial charge in [0, 0.05) is 17.5 Å². The van der Waals surface area contributed by atoms with E-state index in [0.29, 0.717) is 4.64 Å². The number of rotatable bonds is 1. The van der Waals surface area contributed by atoms with Crippen LogP contribution < -0.4 is 0 Å². The molecule has 0 atom stereocenters. The highest BCUT2D eigenvalue weighted by Crippen LogP contribution is 2.19. The van der Waals surface area contributed by atoms with Gasteiger partial charge in [-0.05, 0) is 6.07 Å². The third-order valence-electron chi connectivity index (χ3n) is 1.93. The van der Waals surface area contributed by atoms with E-state index in [-0.39, 0.29) is 5.41 Å². The first-order chi connectivity index (χ1) is 5.93. The number of aryl methyl sites for hydroxylation is 1. The fourth-order valence-corrected chi connectivity index (χ4v) is 1.31. The molecule has 13 heavy (non-hydrogen) atoms. The lowest BCUT2D eigenvalue weighted by atomic mass is 9.92. The zero-order chi connectivity index (χ0) is 10.1. The molecule has 0 fully saturated rings. The van der Waals surface area contributed by atoms with Crippen LogP contribution in [-0.4, -0.2) is 9.97 Å². The van der Waals surface area contributed by atoms with Crippen LogP contribution in [0, 0.1) is 4.64 Å². The Kier molecular flexibility index (Phi) is 2.86. The second-order valence-corrected chi connectivity index (χ2v) is 4.60. The molecule has 0 radical (unpaired) electrons. The van der Waals surface area contributed by atoms with E-state index in [9.17, 15) is 0 Å². The number of aromatic nitrogens is 2. The van der Waals surface area contributed by atoms with Gasteiger partial charge in [-0.1, -0.05) is 39.9 Å². The summed E-state index contributed by atoms with van der Waals surface area (Å²) in [6.45, 7) is 8.55. The van der Waals surface area contributed by atoms with Gasteiger partial charge in [0.1, 0.15) is 10.5 Å². The maximum Gasteiger partial charge on any atom is 0.130 e. The number of hydrogen-bond acceptors (Lipinski definition) is 2. The van der Waals surface area contributed by atoms with Gasteiger partial charge >= 0.3 is 0 Å². The van der Waals surface area contributed by atoms with Crippen molar-refractivity contribution in [3.63, 3.8) is 0 Å². The molecule has 0 aliphatic carbocycles. The third kappa shape index (κ3) is 2.62. The summed E-state index contributed by atoms with van der Waals surface area (Å²) in [6, 6.07) is 1.94. The molecule has 0 saturated heterocycles. The normalized spacial score (nSPS) is 11.7. The average Bonchev–Trinajstić information content (AvgIpc) is 2.01. The second kappa shape index (κ2) is 3.58. The lowest BCUT2D eigenvalue weighted by molar-refractivity contribution is 0.562. The topological polar surface area (TPSA) is 28.7 Å². The SMILES string of the molecule is CCc1nc(=S)cc(C(C)(C)C)[nH]1. The van der Waals surface area contributed by atoms with Crippen molar-refractivity contribution in [2.45, 2.75) is 39.5 Å². The minimum absolute atomic E-state index is 0.112. The zero-order valence-electron chi connectivity index (χ0n) is 8.64. The molecule has 0 bridgehead atoms. The van der Waals surface area contributed by atoms with E-state index in [1.165, 1.54) is 0 Å². The first kappa shape index (κ1) is 10.4. The van der Waals surface area contributed by atoms with Gasteiger partial charge in [0.2, 0.25) is 0 Å². The Morgan fingerprint density at radius 2 is 2.08 bits per heavy atom. The Morgan fingerprint density at radius 1 is 1.46 bits per heavy atom. The molecule has 3 heteroatoms. The first-order valence-corrected chi connectivity index (χ1v) is 4.95. The first-order valence-electron chi connectivity index (χ1n) is 4.54. The molecule has 0 amide bonds. The van der Waals surface area contributed by atoms with Gasteiger partial charge in [0.25, 0.3) is 0 Å². The van der Waals surface area contributed by atoms with Crippen LogP contribution in [0.15, 0.2) is 6.07 Å². The number of H-pyrrole nitrogens is 1. The highest BCUT2D eigenvalue weighted by atomic mass is 32.1. The number of hydrogen-bond donors (Lipinski definition) is 1. The van der Waals surface area contributed by atoms with Crippen molar-refractivity contribution >= 4 is 12.2 Å². The number of aromatic amines is 1. The molecule has 1 aromatic heterocycles. The van der Waals surface area contributed by atoms with Crippen LogP contribution in [0.3, 0.4) is 0 Å². The molecule has 72 valence electrons.